The summed E-state index contributed by atoms with van der Waals surface area (Å²) in [4.78, 5) is 27.5. The Bertz CT molecular complexity index is 1090. The molecule has 0 bridgehead atoms. The van der Waals surface area contributed by atoms with Gasteiger partial charge in [-0.2, -0.15) is 0 Å². The minimum atomic E-state index is -0.644. The minimum absolute atomic E-state index is 0.135. The summed E-state index contributed by atoms with van der Waals surface area (Å²) in [5, 5.41) is 11.0. The number of aryl methyl sites for hydroxylation is 1. The Hall–Kier alpha value is -3.66. The minimum Gasteiger partial charge on any atom is -0.507 e. The molecular formula is C26H23NO3. The summed E-state index contributed by atoms with van der Waals surface area (Å²) in [6.45, 7) is 2.34. The van der Waals surface area contributed by atoms with E-state index in [2.05, 4.69) is 0 Å². The highest BCUT2D eigenvalue weighted by atomic mass is 16.3. The molecule has 4 rings (SSSR count). The zero-order chi connectivity index (χ0) is 21.1. The highest BCUT2D eigenvalue weighted by Gasteiger charge is 2.45. The molecule has 0 aromatic heterocycles. The molecule has 4 nitrogen and oxygen atoms in total. The summed E-state index contributed by atoms with van der Waals surface area (Å²) >= 11 is 0. The zero-order valence-corrected chi connectivity index (χ0v) is 16.8. The van der Waals surface area contributed by atoms with E-state index < -0.39 is 17.7 Å². The number of aliphatic hydroxyl groups is 1. The summed E-state index contributed by atoms with van der Waals surface area (Å²) < 4.78 is 0. The third-order valence-corrected chi connectivity index (χ3v) is 5.46. The van der Waals surface area contributed by atoms with Crippen LogP contribution < -0.4 is 0 Å². The van der Waals surface area contributed by atoms with Gasteiger partial charge in [0.25, 0.3) is 11.7 Å². The van der Waals surface area contributed by atoms with Crippen molar-refractivity contribution in [3.63, 3.8) is 0 Å². The zero-order valence-electron chi connectivity index (χ0n) is 16.8. The Morgan fingerprint density at radius 1 is 0.867 bits per heavy atom. The fraction of sp³-hybridized carbons (Fsp3) is 0.154. The standard InChI is InChI=1S/C26H23NO3/c1-18-12-14-21(15-13-18)24(28)22-23(20-10-6-3-7-11-20)27(26(30)25(22)29)17-16-19-8-4-2-5-9-19/h2-15,23,28H,16-17H2,1H3. The van der Waals surface area contributed by atoms with Gasteiger partial charge in [0, 0.05) is 12.1 Å². The van der Waals surface area contributed by atoms with Gasteiger partial charge in [0.15, 0.2) is 0 Å². The van der Waals surface area contributed by atoms with Crippen LogP contribution in [0.4, 0.5) is 0 Å². The first-order valence-corrected chi connectivity index (χ1v) is 10.0. The summed E-state index contributed by atoms with van der Waals surface area (Å²) in [6.07, 6.45) is 0.627. The van der Waals surface area contributed by atoms with Crippen LogP contribution in [0.15, 0.2) is 90.5 Å². The second-order valence-electron chi connectivity index (χ2n) is 7.50. The molecule has 0 saturated carbocycles. The predicted octanol–water partition coefficient (Wildman–Crippen LogP) is 4.66. The molecule has 1 amide bonds. The van der Waals surface area contributed by atoms with Crippen molar-refractivity contribution in [3.8, 4) is 0 Å². The van der Waals surface area contributed by atoms with Gasteiger partial charge in [-0.1, -0.05) is 90.5 Å². The number of aliphatic hydroxyl groups excluding tert-OH is 1. The van der Waals surface area contributed by atoms with Crippen molar-refractivity contribution in [1.29, 1.82) is 0 Å². The van der Waals surface area contributed by atoms with E-state index in [-0.39, 0.29) is 11.3 Å². The lowest BCUT2D eigenvalue weighted by Gasteiger charge is -2.25. The summed E-state index contributed by atoms with van der Waals surface area (Å²) in [5.41, 5.74) is 3.61. The third-order valence-electron chi connectivity index (χ3n) is 5.46. The Morgan fingerprint density at radius 2 is 1.47 bits per heavy atom. The van der Waals surface area contributed by atoms with E-state index in [1.165, 1.54) is 0 Å². The van der Waals surface area contributed by atoms with Crippen LogP contribution in [0, 0.1) is 6.92 Å². The first-order chi connectivity index (χ1) is 14.6. The molecule has 0 aliphatic carbocycles. The first kappa shape index (κ1) is 19.6. The molecule has 1 aliphatic rings. The predicted molar refractivity (Wildman–Crippen MR) is 117 cm³/mol. The maximum Gasteiger partial charge on any atom is 0.295 e. The smallest absolute Gasteiger partial charge is 0.295 e. The number of likely N-dealkylation sites (tertiary alicyclic amines) is 1. The van der Waals surface area contributed by atoms with Crippen molar-refractivity contribution in [3.05, 3.63) is 113 Å². The largest absolute Gasteiger partial charge is 0.507 e. The van der Waals surface area contributed by atoms with E-state index in [0.29, 0.717) is 18.5 Å². The quantitative estimate of drug-likeness (QED) is 0.387. The molecule has 150 valence electrons. The number of amides is 1. The van der Waals surface area contributed by atoms with Crippen LogP contribution in [0.3, 0.4) is 0 Å². The van der Waals surface area contributed by atoms with Crippen molar-refractivity contribution in [2.75, 3.05) is 6.54 Å². The van der Waals surface area contributed by atoms with E-state index in [1.807, 2.05) is 79.7 Å². The molecular weight excluding hydrogens is 374 g/mol. The van der Waals surface area contributed by atoms with Gasteiger partial charge in [0.1, 0.15) is 5.76 Å². The second-order valence-corrected chi connectivity index (χ2v) is 7.50. The Kier molecular flexibility index (Phi) is 5.48. The number of Topliss-reactive ketones (excluding diaryl/α,β-unsaturated/α-hetero) is 1. The topological polar surface area (TPSA) is 57.6 Å². The fourth-order valence-corrected chi connectivity index (χ4v) is 3.85. The molecule has 1 N–H and O–H groups in total. The molecule has 3 aromatic carbocycles. The van der Waals surface area contributed by atoms with Gasteiger partial charge in [-0.3, -0.25) is 9.59 Å². The Balaban J connectivity index is 1.76. The van der Waals surface area contributed by atoms with Gasteiger partial charge < -0.3 is 10.0 Å². The molecule has 3 aromatic rings. The Morgan fingerprint density at radius 3 is 2.10 bits per heavy atom. The molecule has 0 radical (unpaired) electrons. The lowest BCUT2D eigenvalue weighted by atomic mass is 9.95. The number of nitrogens with zero attached hydrogens (tertiary/aromatic N) is 1. The molecule has 1 unspecified atom stereocenters. The number of ketones is 1. The molecule has 1 atom stereocenters. The normalized spacial score (nSPS) is 18.0. The summed E-state index contributed by atoms with van der Waals surface area (Å²) in [6, 6.07) is 25.9. The molecule has 1 aliphatic heterocycles. The van der Waals surface area contributed by atoms with Gasteiger partial charge in [0.05, 0.1) is 11.6 Å². The van der Waals surface area contributed by atoms with E-state index in [9.17, 15) is 14.7 Å². The lowest BCUT2D eigenvalue weighted by molar-refractivity contribution is -0.139. The van der Waals surface area contributed by atoms with Gasteiger partial charge >= 0.3 is 0 Å². The average molecular weight is 397 g/mol. The number of carbonyl (C=O) groups excluding carboxylic acids is 2. The van der Waals surface area contributed by atoms with Gasteiger partial charge in [0.2, 0.25) is 0 Å². The lowest BCUT2D eigenvalue weighted by Crippen LogP contribution is -2.31. The summed E-state index contributed by atoms with van der Waals surface area (Å²) in [7, 11) is 0. The van der Waals surface area contributed by atoms with Crippen LogP contribution in [-0.4, -0.2) is 28.2 Å². The van der Waals surface area contributed by atoms with E-state index in [1.54, 1.807) is 17.0 Å². The van der Waals surface area contributed by atoms with Crippen LogP contribution >= 0.6 is 0 Å². The van der Waals surface area contributed by atoms with Crippen LogP contribution in [0.5, 0.6) is 0 Å². The third kappa shape index (κ3) is 3.77. The molecule has 1 heterocycles. The molecule has 0 spiro atoms. The first-order valence-electron chi connectivity index (χ1n) is 10.0. The van der Waals surface area contributed by atoms with Crippen molar-refractivity contribution < 1.29 is 14.7 Å². The van der Waals surface area contributed by atoms with Crippen molar-refractivity contribution >= 4 is 17.4 Å². The van der Waals surface area contributed by atoms with E-state index in [4.69, 9.17) is 0 Å². The highest BCUT2D eigenvalue weighted by molar-refractivity contribution is 6.46. The van der Waals surface area contributed by atoms with E-state index >= 15 is 0 Å². The Labute approximate surface area is 176 Å². The fourth-order valence-electron chi connectivity index (χ4n) is 3.85. The SMILES string of the molecule is Cc1ccc(C(O)=C2C(=O)C(=O)N(CCc3ccccc3)C2c2ccccc2)cc1. The number of benzene rings is 3. The van der Waals surface area contributed by atoms with Crippen LogP contribution in [0.1, 0.15) is 28.3 Å². The summed E-state index contributed by atoms with van der Waals surface area (Å²) in [5.74, 6) is -1.35. The monoisotopic (exact) mass is 397 g/mol. The van der Waals surface area contributed by atoms with Crippen molar-refractivity contribution in [2.45, 2.75) is 19.4 Å². The van der Waals surface area contributed by atoms with Crippen LogP contribution in [0.2, 0.25) is 0 Å². The molecule has 30 heavy (non-hydrogen) atoms. The second kappa shape index (κ2) is 8.37. The van der Waals surface area contributed by atoms with Gasteiger partial charge in [-0.25, -0.2) is 0 Å². The average Bonchev–Trinajstić information content (AvgIpc) is 3.04. The van der Waals surface area contributed by atoms with Crippen LogP contribution in [-0.2, 0) is 16.0 Å². The number of hydrogen-bond acceptors (Lipinski definition) is 3. The maximum absolute atomic E-state index is 13.0. The number of hydrogen-bond donors (Lipinski definition) is 1. The van der Waals surface area contributed by atoms with Crippen LogP contribution in [0.25, 0.3) is 5.76 Å². The highest BCUT2D eigenvalue weighted by Crippen LogP contribution is 2.39. The molecule has 1 saturated heterocycles. The van der Waals surface area contributed by atoms with Crippen molar-refractivity contribution in [2.24, 2.45) is 0 Å². The van der Waals surface area contributed by atoms with Crippen molar-refractivity contribution in [1.82, 2.24) is 4.90 Å². The van der Waals surface area contributed by atoms with Gasteiger partial charge in [-0.05, 0) is 24.5 Å². The number of carbonyl (C=O) groups is 2. The molecule has 1 fully saturated rings. The number of rotatable bonds is 5. The van der Waals surface area contributed by atoms with E-state index in [0.717, 1.165) is 16.7 Å². The van der Waals surface area contributed by atoms with Gasteiger partial charge in [-0.15, -0.1) is 0 Å². The molecule has 4 heteroatoms. The maximum atomic E-state index is 13.0.